The lowest BCUT2D eigenvalue weighted by Crippen LogP contribution is -2.40. The van der Waals surface area contributed by atoms with E-state index in [0.29, 0.717) is 18.1 Å². The molecular formula is C9H9BrO3S. The first-order chi connectivity index (χ1) is 6.60. The maximum Gasteiger partial charge on any atom is 0.185 e. The molecule has 0 N–H and O–H groups in total. The Bertz CT molecular complexity index is 420. The van der Waals surface area contributed by atoms with Gasteiger partial charge in [-0.1, -0.05) is 15.9 Å². The quantitative estimate of drug-likeness (QED) is 0.825. The van der Waals surface area contributed by atoms with Gasteiger partial charge in [0.1, 0.15) is 5.25 Å². The minimum absolute atomic E-state index is 0.318. The van der Waals surface area contributed by atoms with Crippen molar-refractivity contribution in [1.82, 2.24) is 0 Å². The molecule has 0 amide bonds. The monoisotopic (exact) mass is 276 g/mol. The molecule has 0 radical (unpaired) electrons. The first kappa shape index (κ1) is 10.1. The van der Waals surface area contributed by atoms with Gasteiger partial charge < -0.3 is 4.74 Å². The number of hydrogen-bond donors (Lipinski definition) is 0. The van der Waals surface area contributed by atoms with Crippen molar-refractivity contribution in [2.24, 2.45) is 0 Å². The zero-order chi connectivity index (χ0) is 10.2. The van der Waals surface area contributed by atoms with E-state index in [-0.39, 0.29) is 5.25 Å². The Morgan fingerprint density at radius 2 is 1.79 bits per heavy atom. The molecule has 3 nitrogen and oxygen atoms in total. The normalized spacial score (nSPS) is 17.8. The van der Waals surface area contributed by atoms with Crippen LogP contribution in [-0.2, 0) is 14.6 Å². The van der Waals surface area contributed by atoms with Crippen LogP contribution in [0.1, 0.15) is 0 Å². The van der Waals surface area contributed by atoms with Crippen LogP contribution in [0.5, 0.6) is 0 Å². The molecule has 76 valence electrons. The summed E-state index contributed by atoms with van der Waals surface area (Å²) in [4.78, 5) is 0.369. The molecular weight excluding hydrogens is 268 g/mol. The van der Waals surface area contributed by atoms with Gasteiger partial charge in [-0.3, -0.25) is 0 Å². The van der Waals surface area contributed by atoms with Crippen LogP contribution in [0.4, 0.5) is 0 Å². The highest BCUT2D eigenvalue weighted by atomic mass is 79.9. The molecule has 1 aromatic rings. The number of rotatable bonds is 2. The molecule has 0 aromatic heterocycles. The highest BCUT2D eigenvalue weighted by Crippen LogP contribution is 2.22. The molecule has 1 aromatic carbocycles. The standard InChI is InChI=1S/C9H9BrO3S/c10-7-1-3-8(4-2-7)14(11,12)9-5-13-6-9/h1-4,9H,5-6H2. The van der Waals surface area contributed by atoms with E-state index < -0.39 is 9.84 Å². The van der Waals surface area contributed by atoms with E-state index in [1.807, 2.05) is 0 Å². The van der Waals surface area contributed by atoms with E-state index in [1.165, 1.54) is 0 Å². The summed E-state index contributed by atoms with van der Waals surface area (Å²) >= 11 is 3.26. The topological polar surface area (TPSA) is 43.4 Å². The lowest BCUT2D eigenvalue weighted by Gasteiger charge is -2.25. The van der Waals surface area contributed by atoms with Crippen LogP contribution >= 0.6 is 15.9 Å². The Hall–Kier alpha value is -0.390. The number of benzene rings is 1. The fourth-order valence-corrected chi connectivity index (χ4v) is 2.93. The van der Waals surface area contributed by atoms with Crippen molar-refractivity contribution in [2.75, 3.05) is 13.2 Å². The number of sulfone groups is 1. The van der Waals surface area contributed by atoms with Crippen LogP contribution in [0.15, 0.2) is 33.6 Å². The zero-order valence-electron chi connectivity index (χ0n) is 7.31. The Balaban J connectivity index is 2.34. The Morgan fingerprint density at radius 3 is 2.21 bits per heavy atom. The van der Waals surface area contributed by atoms with Gasteiger partial charge in [-0.05, 0) is 24.3 Å². The van der Waals surface area contributed by atoms with Gasteiger partial charge in [0, 0.05) is 4.47 Å². The predicted octanol–water partition coefficient (Wildman–Crippen LogP) is 1.62. The molecule has 0 saturated carbocycles. The second-order valence-corrected chi connectivity index (χ2v) is 6.30. The zero-order valence-corrected chi connectivity index (χ0v) is 9.71. The van der Waals surface area contributed by atoms with Gasteiger partial charge in [0.05, 0.1) is 18.1 Å². The van der Waals surface area contributed by atoms with Crippen molar-refractivity contribution in [3.05, 3.63) is 28.7 Å². The molecule has 0 bridgehead atoms. The second kappa shape index (κ2) is 3.64. The molecule has 1 heterocycles. The Kier molecular flexibility index (Phi) is 2.64. The Labute approximate surface area is 91.1 Å². The summed E-state index contributed by atoms with van der Waals surface area (Å²) in [6, 6.07) is 6.67. The number of halogens is 1. The molecule has 1 fully saturated rings. The van der Waals surface area contributed by atoms with Crippen molar-refractivity contribution in [3.8, 4) is 0 Å². The van der Waals surface area contributed by atoms with Crippen LogP contribution in [0.3, 0.4) is 0 Å². The summed E-state index contributed by atoms with van der Waals surface area (Å²) in [5.41, 5.74) is 0. The molecule has 14 heavy (non-hydrogen) atoms. The lowest BCUT2D eigenvalue weighted by atomic mass is 10.4. The van der Waals surface area contributed by atoms with E-state index in [2.05, 4.69) is 15.9 Å². The molecule has 0 aliphatic carbocycles. The van der Waals surface area contributed by atoms with Gasteiger partial charge in [0.15, 0.2) is 9.84 Å². The van der Waals surface area contributed by atoms with E-state index in [9.17, 15) is 8.42 Å². The van der Waals surface area contributed by atoms with Crippen molar-refractivity contribution >= 4 is 25.8 Å². The fraction of sp³-hybridized carbons (Fsp3) is 0.333. The van der Waals surface area contributed by atoms with E-state index >= 15 is 0 Å². The fourth-order valence-electron chi connectivity index (χ4n) is 1.21. The van der Waals surface area contributed by atoms with Crippen LogP contribution in [-0.4, -0.2) is 26.9 Å². The SMILES string of the molecule is O=S(=O)(c1ccc(Br)cc1)C1COC1. The first-order valence-electron chi connectivity index (χ1n) is 4.18. The van der Waals surface area contributed by atoms with Gasteiger partial charge >= 0.3 is 0 Å². The van der Waals surface area contributed by atoms with Crippen LogP contribution < -0.4 is 0 Å². The summed E-state index contributed by atoms with van der Waals surface area (Å²) in [6.07, 6.45) is 0. The summed E-state index contributed by atoms with van der Waals surface area (Å²) in [7, 11) is -3.16. The largest absolute Gasteiger partial charge is 0.379 e. The van der Waals surface area contributed by atoms with Gasteiger partial charge in [-0.25, -0.2) is 8.42 Å². The van der Waals surface area contributed by atoms with E-state index in [1.54, 1.807) is 24.3 Å². The average molecular weight is 277 g/mol. The second-order valence-electron chi connectivity index (χ2n) is 3.16. The molecule has 1 saturated heterocycles. The van der Waals surface area contributed by atoms with Gasteiger partial charge in [-0.15, -0.1) is 0 Å². The summed E-state index contributed by atoms with van der Waals surface area (Å²) in [6.45, 7) is 0.636. The van der Waals surface area contributed by atoms with Crippen molar-refractivity contribution < 1.29 is 13.2 Å². The van der Waals surface area contributed by atoms with Gasteiger partial charge in [-0.2, -0.15) is 0 Å². The smallest absolute Gasteiger partial charge is 0.185 e. The van der Waals surface area contributed by atoms with Crippen LogP contribution in [0.2, 0.25) is 0 Å². The molecule has 0 unspecified atom stereocenters. The highest BCUT2D eigenvalue weighted by molar-refractivity contribution is 9.10. The number of ether oxygens (including phenoxy) is 1. The lowest BCUT2D eigenvalue weighted by molar-refractivity contribution is 0.0416. The summed E-state index contributed by atoms with van der Waals surface area (Å²) < 4.78 is 29.4. The highest BCUT2D eigenvalue weighted by Gasteiger charge is 2.33. The van der Waals surface area contributed by atoms with Crippen molar-refractivity contribution in [1.29, 1.82) is 0 Å². The van der Waals surface area contributed by atoms with E-state index in [0.717, 1.165) is 4.47 Å². The van der Waals surface area contributed by atoms with Crippen molar-refractivity contribution in [3.63, 3.8) is 0 Å². The molecule has 0 spiro atoms. The maximum atomic E-state index is 11.8. The van der Waals surface area contributed by atoms with Gasteiger partial charge in [0.2, 0.25) is 0 Å². The van der Waals surface area contributed by atoms with E-state index in [4.69, 9.17) is 4.74 Å². The summed E-state index contributed by atoms with van der Waals surface area (Å²) in [5.74, 6) is 0. The first-order valence-corrected chi connectivity index (χ1v) is 6.52. The molecule has 0 atom stereocenters. The summed E-state index contributed by atoms with van der Waals surface area (Å²) in [5, 5.41) is -0.358. The molecule has 1 aliphatic heterocycles. The molecule has 5 heteroatoms. The maximum absolute atomic E-state index is 11.8. The van der Waals surface area contributed by atoms with Crippen molar-refractivity contribution in [2.45, 2.75) is 10.1 Å². The van der Waals surface area contributed by atoms with Crippen LogP contribution in [0, 0.1) is 0 Å². The third-order valence-electron chi connectivity index (χ3n) is 2.19. The number of hydrogen-bond acceptors (Lipinski definition) is 3. The Morgan fingerprint density at radius 1 is 1.21 bits per heavy atom. The minimum atomic E-state index is -3.16. The minimum Gasteiger partial charge on any atom is -0.379 e. The average Bonchev–Trinajstić information content (AvgIpc) is 2.00. The van der Waals surface area contributed by atoms with Gasteiger partial charge in [0.25, 0.3) is 0 Å². The third-order valence-corrected chi connectivity index (χ3v) is 4.80. The third kappa shape index (κ3) is 1.71. The van der Waals surface area contributed by atoms with Crippen LogP contribution in [0.25, 0.3) is 0 Å². The predicted molar refractivity (Wildman–Crippen MR) is 55.9 cm³/mol. The molecule has 1 aliphatic rings. The molecule has 2 rings (SSSR count).